The van der Waals surface area contributed by atoms with Crippen molar-refractivity contribution in [2.75, 3.05) is 0 Å². The summed E-state index contributed by atoms with van der Waals surface area (Å²) in [6.07, 6.45) is 6.83. The Morgan fingerprint density at radius 3 is 2.23 bits per heavy atom. The van der Waals surface area contributed by atoms with Gasteiger partial charge in [0, 0.05) is 0 Å². The molecule has 0 aromatic rings. The lowest BCUT2D eigenvalue weighted by molar-refractivity contribution is 0.787. The number of allylic oxidation sites excluding steroid dienone is 4. The molecule has 0 saturated carbocycles. The van der Waals surface area contributed by atoms with Crippen molar-refractivity contribution in [1.29, 1.82) is 0 Å². The Morgan fingerprint density at radius 2 is 1.85 bits per heavy atom. The van der Waals surface area contributed by atoms with Crippen LogP contribution >= 0.6 is 0 Å². The lowest BCUT2D eigenvalue weighted by Gasteiger charge is -2.08. The third-order valence-corrected chi connectivity index (χ3v) is 2.09. The van der Waals surface area contributed by atoms with E-state index in [0.29, 0.717) is 0 Å². The summed E-state index contributed by atoms with van der Waals surface area (Å²) in [7, 11) is 0. The maximum absolute atomic E-state index is 4.11. The van der Waals surface area contributed by atoms with Gasteiger partial charge in [-0.15, -0.1) is 0 Å². The molecule has 0 heteroatoms. The lowest BCUT2D eigenvalue weighted by Crippen LogP contribution is -1.88. The molecule has 0 aromatic heterocycles. The Balaban J connectivity index is 4.23. The van der Waals surface area contributed by atoms with E-state index in [1.54, 1.807) is 0 Å². The second-order valence-electron chi connectivity index (χ2n) is 3.58. The minimum absolute atomic E-state index is 1.06. The largest absolute Gasteiger partial charge is 0.0961 e. The summed E-state index contributed by atoms with van der Waals surface area (Å²) >= 11 is 0. The van der Waals surface area contributed by atoms with Crippen molar-refractivity contribution < 1.29 is 0 Å². The van der Waals surface area contributed by atoms with E-state index in [9.17, 15) is 0 Å². The van der Waals surface area contributed by atoms with Crippen LogP contribution in [0, 0.1) is 0 Å². The Bertz CT molecular complexity index is 206. The molecule has 0 aliphatic heterocycles. The van der Waals surface area contributed by atoms with E-state index < -0.39 is 0 Å². The molecule has 0 aliphatic carbocycles. The molecular formula is C13H22. The van der Waals surface area contributed by atoms with Crippen molar-refractivity contribution in [3.05, 3.63) is 36.0 Å². The first-order valence-corrected chi connectivity index (χ1v) is 5.16. The fraction of sp³-hybridized carbons (Fsp3) is 0.538. The van der Waals surface area contributed by atoms with Gasteiger partial charge in [0.25, 0.3) is 0 Å². The minimum atomic E-state index is 1.06. The van der Waals surface area contributed by atoms with Gasteiger partial charge in [0.1, 0.15) is 0 Å². The van der Waals surface area contributed by atoms with Crippen LogP contribution in [-0.2, 0) is 0 Å². The highest BCUT2D eigenvalue weighted by Gasteiger charge is 1.99. The molecule has 74 valence electrons. The van der Waals surface area contributed by atoms with Crippen molar-refractivity contribution in [3.63, 3.8) is 0 Å². The van der Waals surface area contributed by atoms with E-state index in [-0.39, 0.29) is 0 Å². The zero-order valence-corrected chi connectivity index (χ0v) is 9.32. The van der Waals surface area contributed by atoms with Gasteiger partial charge in [0.05, 0.1) is 0 Å². The zero-order chi connectivity index (χ0) is 10.3. The maximum atomic E-state index is 4.11. The van der Waals surface area contributed by atoms with Crippen LogP contribution in [-0.4, -0.2) is 0 Å². The molecule has 0 spiro atoms. The molecule has 0 N–H and O–H groups in total. The summed E-state index contributed by atoms with van der Waals surface area (Å²) in [5.74, 6) is 0. The molecule has 0 rings (SSSR count). The average molecular weight is 178 g/mol. The molecule has 0 bridgehead atoms. The molecule has 0 unspecified atom stereocenters. The lowest BCUT2D eigenvalue weighted by atomic mass is 9.98. The Hall–Kier alpha value is -0.780. The minimum Gasteiger partial charge on any atom is -0.0961 e. The van der Waals surface area contributed by atoms with Crippen LogP contribution in [0.3, 0.4) is 0 Å². The first-order valence-electron chi connectivity index (χ1n) is 5.16. The molecule has 0 nitrogen and oxygen atoms in total. The van der Waals surface area contributed by atoms with Crippen LogP contribution in [0.2, 0.25) is 0 Å². The highest BCUT2D eigenvalue weighted by Crippen LogP contribution is 2.19. The maximum Gasteiger partial charge on any atom is -0.0282 e. The number of hydrogen-bond acceptors (Lipinski definition) is 0. The van der Waals surface area contributed by atoms with E-state index >= 15 is 0 Å². The number of hydrogen-bond donors (Lipinski definition) is 0. The molecule has 13 heavy (non-hydrogen) atoms. The molecule has 0 radical (unpaired) electrons. The van der Waals surface area contributed by atoms with Gasteiger partial charge in [-0.2, -0.15) is 0 Å². The molecule has 0 amide bonds. The smallest absolute Gasteiger partial charge is 0.0282 e. The number of rotatable bonds is 6. The predicted molar refractivity (Wildman–Crippen MR) is 61.9 cm³/mol. The van der Waals surface area contributed by atoms with Gasteiger partial charge in [-0.1, -0.05) is 50.6 Å². The highest BCUT2D eigenvalue weighted by atomic mass is 14.0. The van der Waals surface area contributed by atoms with Gasteiger partial charge in [-0.25, -0.2) is 0 Å². The predicted octanol–water partition coefficient (Wildman–Crippen LogP) is 4.65. The van der Waals surface area contributed by atoms with Crippen molar-refractivity contribution >= 4 is 0 Å². The van der Waals surface area contributed by atoms with Gasteiger partial charge in [-0.05, 0) is 31.8 Å². The highest BCUT2D eigenvalue weighted by molar-refractivity contribution is 5.33. The Kier molecular flexibility index (Phi) is 6.30. The monoisotopic (exact) mass is 178 g/mol. The van der Waals surface area contributed by atoms with Crippen LogP contribution in [0.25, 0.3) is 0 Å². The molecule has 0 atom stereocenters. The topological polar surface area (TPSA) is 0 Å². The molecule has 0 aliphatic rings. The van der Waals surface area contributed by atoms with E-state index in [1.165, 1.54) is 24.0 Å². The summed E-state index contributed by atoms with van der Waals surface area (Å²) in [4.78, 5) is 0. The summed E-state index contributed by atoms with van der Waals surface area (Å²) in [5.41, 5.74) is 3.77. The third kappa shape index (κ3) is 5.46. The summed E-state index contributed by atoms with van der Waals surface area (Å²) in [6.45, 7) is 14.4. The molecule has 0 aromatic carbocycles. The zero-order valence-electron chi connectivity index (χ0n) is 9.32. The van der Waals surface area contributed by atoms with Crippen molar-refractivity contribution in [3.8, 4) is 0 Å². The first kappa shape index (κ1) is 12.2. The van der Waals surface area contributed by atoms with Crippen molar-refractivity contribution in [1.82, 2.24) is 0 Å². The SMILES string of the molecule is C=C(C)/C=C(/CC)C(=C)CCCC. The Labute approximate surface area is 83.0 Å². The molecule has 0 fully saturated rings. The normalized spacial score (nSPS) is 11.5. The Morgan fingerprint density at radius 1 is 1.23 bits per heavy atom. The summed E-state index contributed by atoms with van der Waals surface area (Å²) in [6, 6.07) is 0. The quantitative estimate of drug-likeness (QED) is 0.519. The second-order valence-corrected chi connectivity index (χ2v) is 3.58. The van der Waals surface area contributed by atoms with Crippen LogP contribution in [0.5, 0.6) is 0 Å². The second kappa shape index (κ2) is 6.71. The summed E-state index contributed by atoms with van der Waals surface area (Å²) in [5, 5.41) is 0. The van der Waals surface area contributed by atoms with Crippen LogP contribution in [0.1, 0.15) is 46.5 Å². The van der Waals surface area contributed by atoms with Crippen LogP contribution < -0.4 is 0 Å². The van der Waals surface area contributed by atoms with Crippen molar-refractivity contribution in [2.45, 2.75) is 46.5 Å². The van der Waals surface area contributed by atoms with E-state index in [4.69, 9.17) is 0 Å². The van der Waals surface area contributed by atoms with E-state index in [1.807, 2.05) is 6.92 Å². The molecular weight excluding hydrogens is 156 g/mol. The fourth-order valence-corrected chi connectivity index (χ4v) is 1.30. The molecule has 0 saturated heterocycles. The summed E-state index contributed by atoms with van der Waals surface area (Å²) < 4.78 is 0. The van der Waals surface area contributed by atoms with Crippen molar-refractivity contribution in [2.24, 2.45) is 0 Å². The van der Waals surface area contributed by atoms with Crippen LogP contribution in [0.4, 0.5) is 0 Å². The van der Waals surface area contributed by atoms with Crippen LogP contribution in [0.15, 0.2) is 36.0 Å². The van der Waals surface area contributed by atoms with Gasteiger partial charge in [-0.3, -0.25) is 0 Å². The third-order valence-electron chi connectivity index (χ3n) is 2.09. The standard InChI is InChI=1S/C13H22/c1-6-8-9-12(5)13(7-2)10-11(3)4/h10H,3,5-9H2,1-2,4H3/b13-10-. The number of unbranched alkanes of at least 4 members (excludes halogenated alkanes) is 1. The first-order chi connectivity index (χ1) is 6.11. The van der Waals surface area contributed by atoms with E-state index in [2.05, 4.69) is 33.1 Å². The van der Waals surface area contributed by atoms with Gasteiger partial charge < -0.3 is 0 Å². The molecule has 0 heterocycles. The van der Waals surface area contributed by atoms with Gasteiger partial charge in [0.15, 0.2) is 0 Å². The fourth-order valence-electron chi connectivity index (χ4n) is 1.30. The van der Waals surface area contributed by atoms with E-state index in [0.717, 1.165) is 18.4 Å². The van der Waals surface area contributed by atoms with Gasteiger partial charge >= 0.3 is 0 Å². The van der Waals surface area contributed by atoms with Gasteiger partial charge in [0.2, 0.25) is 0 Å². The average Bonchev–Trinajstić information content (AvgIpc) is 2.09.